The molecule has 191 valence electrons. The second-order valence-corrected chi connectivity index (χ2v) is 9.70. The fraction of sp³-hybridized carbons (Fsp3) is 0.0588. The Kier molecular flexibility index (Phi) is 6.99. The van der Waals surface area contributed by atoms with E-state index in [0.717, 1.165) is 78.8 Å². The van der Waals surface area contributed by atoms with Gasteiger partial charge in [0.05, 0.1) is 0 Å². The average molecular weight is 556 g/mol. The molecule has 0 amide bonds. The number of fused-ring (bicyclic) bond motifs is 8. The minimum atomic E-state index is 0.638. The van der Waals surface area contributed by atoms with Crippen molar-refractivity contribution in [2.45, 2.75) is 13.8 Å². The Morgan fingerprint density at radius 3 is 1.82 bits per heavy atom. The van der Waals surface area contributed by atoms with E-state index in [-0.39, 0.29) is 0 Å². The molecule has 0 fully saturated rings. The van der Waals surface area contributed by atoms with E-state index in [2.05, 4.69) is 121 Å². The topological polar surface area (TPSA) is 74.4 Å². The third kappa shape index (κ3) is 4.93. The van der Waals surface area contributed by atoms with Gasteiger partial charge in [-0.3, -0.25) is 0 Å². The van der Waals surface area contributed by atoms with E-state index >= 15 is 0 Å². The summed E-state index contributed by atoms with van der Waals surface area (Å²) in [6, 6.07) is 35.0. The number of aryl methyl sites for hydroxylation is 2. The number of hydrogen-bond donors (Lipinski definition) is 2. The summed E-state index contributed by atoms with van der Waals surface area (Å²) >= 11 is 1.06. The van der Waals surface area contributed by atoms with Crippen LogP contribution in [0.4, 0.5) is 0 Å². The second kappa shape index (κ2) is 10.9. The summed E-state index contributed by atoms with van der Waals surface area (Å²) in [5.41, 5.74) is 13.9. The predicted molar refractivity (Wildman–Crippen MR) is 155 cm³/mol. The van der Waals surface area contributed by atoms with Crippen LogP contribution < -0.4 is 0 Å². The number of aromatic amines is 2. The van der Waals surface area contributed by atoms with Gasteiger partial charge in [0.2, 0.25) is 0 Å². The van der Waals surface area contributed by atoms with E-state index in [9.17, 15) is 0 Å². The number of nitrogens with one attached hydrogen (secondary N) is 2. The van der Waals surface area contributed by atoms with Gasteiger partial charge in [-0.1, -0.05) is 59.7 Å². The van der Waals surface area contributed by atoms with Gasteiger partial charge in [0.15, 0.2) is 0 Å². The van der Waals surface area contributed by atoms with Crippen LogP contribution >= 0.6 is 0 Å². The third-order valence-corrected chi connectivity index (χ3v) is 7.01. The van der Waals surface area contributed by atoms with Gasteiger partial charge in [-0.2, -0.15) is 23.0 Å². The molecule has 8 bridgehead atoms. The maximum atomic E-state index is 8.19. The maximum absolute atomic E-state index is 8.19. The fourth-order valence-electron chi connectivity index (χ4n) is 5.17. The summed E-state index contributed by atoms with van der Waals surface area (Å²) in [4.78, 5) is 16.9. The van der Waals surface area contributed by atoms with E-state index < -0.39 is 0 Å². The van der Waals surface area contributed by atoms with E-state index in [1.165, 1.54) is 11.1 Å². The van der Waals surface area contributed by atoms with Crippen molar-refractivity contribution in [1.29, 1.82) is 0 Å². The van der Waals surface area contributed by atoms with Crippen LogP contribution in [0.2, 0.25) is 0 Å². The number of benzene rings is 2. The molecule has 0 saturated heterocycles. The van der Waals surface area contributed by atoms with Crippen LogP contribution in [0.1, 0.15) is 45.0 Å². The van der Waals surface area contributed by atoms with E-state index in [1.54, 1.807) is 0 Å². The summed E-state index contributed by atoms with van der Waals surface area (Å²) in [5, 5.41) is 0. The van der Waals surface area contributed by atoms with E-state index in [1.807, 2.05) is 12.1 Å². The van der Waals surface area contributed by atoms with Crippen molar-refractivity contribution in [1.82, 2.24) is 19.9 Å². The molecule has 5 aromatic rings. The Labute approximate surface area is 241 Å². The van der Waals surface area contributed by atoms with Gasteiger partial charge < -0.3 is 32.1 Å². The van der Waals surface area contributed by atoms with Crippen molar-refractivity contribution in [2.75, 3.05) is 0 Å². The van der Waals surface area contributed by atoms with Crippen LogP contribution in [0.15, 0.2) is 91.0 Å². The summed E-state index contributed by atoms with van der Waals surface area (Å²) in [7, 11) is 0. The van der Waals surface area contributed by atoms with Crippen LogP contribution in [-0.4, -0.2) is 19.9 Å². The van der Waals surface area contributed by atoms with Crippen molar-refractivity contribution in [2.24, 2.45) is 0 Å². The van der Waals surface area contributed by atoms with E-state index in [0.29, 0.717) is 5.69 Å². The zero-order valence-corrected chi connectivity index (χ0v) is 23.4. The number of rotatable bonds is 2. The standard InChI is InChI=1S/C34H24N4.O.V/c1-21-7-3-5-9-29(21)33-31-19-27-15-13-25(36-27)17-23-11-12-24(35-23)18-26-14-16-28(37-26)20-32(38-31)34(33)30-10-6-4-8-22(30)2;;/h3-15,17-19,35-36H,1-2H3;;/q-2;;+2. The fourth-order valence-corrected chi connectivity index (χ4v) is 5.17. The summed E-state index contributed by atoms with van der Waals surface area (Å²) in [5.74, 6) is 0. The Balaban J connectivity index is 0.00000142. The van der Waals surface area contributed by atoms with Crippen molar-refractivity contribution in [3.05, 3.63) is 148 Å². The molecule has 5 nitrogen and oxygen atoms in total. The monoisotopic (exact) mass is 555 g/mol. The molecule has 2 N–H and O–H groups in total. The molecule has 0 atom stereocenters. The quantitative estimate of drug-likeness (QED) is 0.217. The zero-order chi connectivity index (χ0) is 27.6. The molecule has 5 heterocycles. The normalized spacial score (nSPS) is 12.3. The number of H-pyrrole nitrogens is 2. The molecule has 0 aliphatic carbocycles. The molecule has 0 radical (unpaired) electrons. The van der Waals surface area contributed by atoms with Gasteiger partial charge in [-0.05, 0) is 67.4 Å². The predicted octanol–water partition coefficient (Wildman–Crippen LogP) is 7.48. The first kappa shape index (κ1) is 25.7. The van der Waals surface area contributed by atoms with Gasteiger partial charge in [-0.15, -0.1) is 5.56 Å². The number of nitrogens with zero attached hydrogens (tertiary/aromatic N) is 2. The molecule has 7 rings (SSSR count). The van der Waals surface area contributed by atoms with Crippen LogP contribution in [0.5, 0.6) is 0 Å². The summed E-state index contributed by atoms with van der Waals surface area (Å²) in [6.45, 7) is 4.29. The molecule has 0 spiro atoms. The van der Waals surface area contributed by atoms with Crippen LogP contribution in [0.25, 0.3) is 39.3 Å². The van der Waals surface area contributed by atoms with Crippen LogP contribution in [0.3, 0.4) is 0 Å². The molecule has 6 heteroatoms. The van der Waals surface area contributed by atoms with Crippen molar-refractivity contribution >= 4 is 39.3 Å². The van der Waals surface area contributed by atoms with Crippen molar-refractivity contribution in [3.63, 3.8) is 0 Å². The Bertz CT molecular complexity index is 1980. The van der Waals surface area contributed by atoms with Gasteiger partial charge >= 0.3 is 21.0 Å². The first-order chi connectivity index (χ1) is 19.6. The number of hydrogen-bond acceptors (Lipinski definition) is 3. The minimum absolute atomic E-state index is 0.638. The second-order valence-electron chi connectivity index (χ2n) is 9.70. The Morgan fingerprint density at radius 1 is 0.650 bits per heavy atom. The molecular weight excluding hydrogens is 531 g/mol. The Hall–Kier alpha value is -4.58. The first-order valence-electron chi connectivity index (χ1n) is 12.9. The van der Waals surface area contributed by atoms with Gasteiger partial charge in [0.25, 0.3) is 0 Å². The zero-order valence-electron chi connectivity index (χ0n) is 22.0. The van der Waals surface area contributed by atoms with Crippen molar-refractivity contribution in [3.8, 4) is 0 Å². The summed E-state index contributed by atoms with van der Waals surface area (Å²) < 4.78 is 8.19. The number of aromatic nitrogens is 4. The third-order valence-electron chi connectivity index (χ3n) is 7.01. The molecular formula is C34H24N4OV. The van der Waals surface area contributed by atoms with Gasteiger partial charge in [-0.25, -0.2) is 0 Å². The summed E-state index contributed by atoms with van der Waals surface area (Å²) in [6.07, 6.45) is 5.18. The Morgan fingerprint density at radius 2 is 1.20 bits per heavy atom. The molecule has 0 saturated carbocycles. The molecule has 2 aliphatic rings. The average Bonchev–Trinajstić information content (AvgIpc) is 3.76. The SMILES string of the molecule is Cc1ccccc1C1=C(c2ccccc2C)c2cc3ccc(cc4ccc(cc5nc([c-]c1n2)[C-]=C5)[nH]4)[nH]3.[O]=[V+2]. The molecule has 2 aromatic carbocycles. The first-order valence-corrected chi connectivity index (χ1v) is 13.4. The molecule has 3 aromatic heterocycles. The van der Waals surface area contributed by atoms with Gasteiger partial charge in [0, 0.05) is 33.5 Å². The molecule has 2 aliphatic heterocycles. The van der Waals surface area contributed by atoms with Crippen LogP contribution in [0, 0.1) is 26.0 Å². The van der Waals surface area contributed by atoms with Gasteiger partial charge in [0.1, 0.15) is 0 Å². The molecule has 40 heavy (non-hydrogen) atoms. The van der Waals surface area contributed by atoms with E-state index in [4.69, 9.17) is 13.6 Å². The molecule has 0 unspecified atom stereocenters. The van der Waals surface area contributed by atoms with Crippen LogP contribution in [-0.2, 0) is 21.0 Å². The van der Waals surface area contributed by atoms with Crippen molar-refractivity contribution < 1.29 is 21.0 Å².